The molecule has 0 saturated carbocycles. The minimum absolute atomic E-state index is 0.0811. The van der Waals surface area contributed by atoms with Gasteiger partial charge < -0.3 is 9.72 Å². The van der Waals surface area contributed by atoms with Crippen molar-refractivity contribution in [3.05, 3.63) is 56.3 Å². The predicted molar refractivity (Wildman–Crippen MR) is 95.9 cm³/mol. The van der Waals surface area contributed by atoms with Crippen molar-refractivity contribution in [1.82, 2.24) is 4.98 Å². The maximum Gasteiger partial charge on any atom is 0.340 e. The van der Waals surface area contributed by atoms with E-state index in [2.05, 4.69) is 4.98 Å². The Morgan fingerprint density at radius 1 is 1.16 bits per heavy atom. The molecule has 0 saturated heterocycles. The van der Waals surface area contributed by atoms with Gasteiger partial charge in [-0.05, 0) is 51.5 Å². The van der Waals surface area contributed by atoms with Crippen LogP contribution in [-0.4, -0.2) is 28.6 Å². The summed E-state index contributed by atoms with van der Waals surface area (Å²) in [6.45, 7) is 6.28. The SMILES string of the molecule is CC(=O)c1c(C)[nH]c(C(=O)[C@@H](C)OC(=O)c2cc(Cl)ccc2Cl)c1C. The molecule has 0 radical (unpaired) electrons. The number of hydrogen-bond acceptors (Lipinski definition) is 4. The van der Waals surface area contributed by atoms with Crippen molar-refractivity contribution in [1.29, 1.82) is 0 Å². The summed E-state index contributed by atoms with van der Waals surface area (Å²) in [4.78, 5) is 39.4. The Hall–Kier alpha value is -2.11. The van der Waals surface area contributed by atoms with Gasteiger partial charge in [-0.15, -0.1) is 0 Å². The van der Waals surface area contributed by atoms with Gasteiger partial charge in [0.25, 0.3) is 0 Å². The van der Waals surface area contributed by atoms with E-state index in [0.717, 1.165) is 0 Å². The van der Waals surface area contributed by atoms with Crippen LogP contribution in [0.2, 0.25) is 10.0 Å². The van der Waals surface area contributed by atoms with Crippen molar-refractivity contribution in [2.45, 2.75) is 33.8 Å². The van der Waals surface area contributed by atoms with Crippen molar-refractivity contribution < 1.29 is 19.1 Å². The number of benzene rings is 1. The molecule has 0 spiro atoms. The molecular weight excluding hydrogens is 365 g/mol. The fraction of sp³-hybridized carbons (Fsp3) is 0.278. The number of hydrogen-bond donors (Lipinski definition) is 1. The molecule has 2 rings (SSSR count). The average molecular weight is 382 g/mol. The van der Waals surface area contributed by atoms with Gasteiger partial charge in [0.15, 0.2) is 11.9 Å². The van der Waals surface area contributed by atoms with Gasteiger partial charge in [0.1, 0.15) is 0 Å². The topological polar surface area (TPSA) is 76.2 Å². The third kappa shape index (κ3) is 3.94. The number of esters is 1. The lowest BCUT2D eigenvalue weighted by Crippen LogP contribution is -2.25. The Balaban J connectivity index is 2.24. The number of H-pyrrole nitrogens is 1. The van der Waals surface area contributed by atoms with Gasteiger partial charge in [-0.1, -0.05) is 23.2 Å². The second-order valence-electron chi connectivity index (χ2n) is 5.72. The molecule has 0 fully saturated rings. The number of aromatic nitrogens is 1. The zero-order valence-corrected chi connectivity index (χ0v) is 15.7. The van der Waals surface area contributed by atoms with E-state index in [1.54, 1.807) is 19.9 Å². The summed E-state index contributed by atoms with van der Waals surface area (Å²) in [5, 5.41) is 0.511. The summed E-state index contributed by atoms with van der Waals surface area (Å²) in [5.74, 6) is -1.32. The Morgan fingerprint density at radius 2 is 1.80 bits per heavy atom. The number of ether oxygens (including phenoxy) is 1. The number of Topliss-reactive ketones (excluding diaryl/α,β-unsaturated/α-hetero) is 2. The largest absolute Gasteiger partial charge is 0.451 e. The minimum atomic E-state index is -1.06. The van der Waals surface area contributed by atoms with Gasteiger partial charge in [0.05, 0.1) is 16.3 Å². The number of aromatic amines is 1. The lowest BCUT2D eigenvalue weighted by molar-refractivity contribution is 0.0317. The van der Waals surface area contributed by atoms with Gasteiger partial charge in [-0.25, -0.2) is 4.79 Å². The molecule has 1 heterocycles. The summed E-state index contributed by atoms with van der Waals surface area (Å²) >= 11 is 11.8. The molecule has 132 valence electrons. The number of aryl methyl sites for hydroxylation is 1. The fourth-order valence-electron chi connectivity index (χ4n) is 2.66. The molecule has 0 bridgehead atoms. The first-order chi connectivity index (χ1) is 11.6. The third-order valence-corrected chi connectivity index (χ3v) is 4.40. The van der Waals surface area contributed by atoms with E-state index in [0.29, 0.717) is 21.8 Å². The van der Waals surface area contributed by atoms with Gasteiger partial charge in [0, 0.05) is 16.3 Å². The van der Waals surface area contributed by atoms with Crippen LogP contribution < -0.4 is 0 Å². The molecule has 0 aliphatic carbocycles. The molecular formula is C18H17Cl2NO4. The highest BCUT2D eigenvalue weighted by molar-refractivity contribution is 6.35. The van der Waals surface area contributed by atoms with Crippen LogP contribution in [0.1, 0.15) is 56.3 Å². The third-order valence-electron chi connectivity index (χ3n) is 3.84. The second-order valence-corrected chi connectivity index (χ2v) is 6.56. The Kier molecular flexibility index (Phi) is 5.70. The smallest absolute Gasteiger partial charge is 0.340 e. The van der Waals surface area contributed by atoms with E-state index >= 15 is 0 Å². The van der Waals surface area contributed by atoms with E-state index in [-0.39, 0.29) is 22.1 Å². The second kappa shape index (κ2) is 7.42. The standard InChI is InChI=1S/C18H17Cl2NO4/c1-8-15(10(3)22)9(2)21-16(8)17(23)11(4)25-18(24)13-7-12(19)5-6-14(13)20/h5-7,11,21H,1-4H3/t11-/m1/s1. The van der Waals surface area contributed by atoms with E-state index < -0.39 is 17.9 Å². The summed E-state index contributed by atoms with van der Waals surface area (Å²) in [5.41, 5.74) is 1.95. The van der Waals surface area contributed by atoms with Crippen molar-refractivity contribution in [3.8, 4) is 0 Å². The highest BCUT2D eigenvalue weighted by Crippen LogP contribution is 2.23. The van der Waals surface area contributed by atoms with Crippen LogP contribution in [0.4, 0.5) is 0 Å². The van der Waals surface area contributed by atoms with Crippen molar-refractivity contribution in [2.24, 2.45) is 0 Å². The van der Waals surface area contributed by atoms with E-state index in [4.69, 9.17) is 27.9 Å². The summed E-state index contributed by atoms with van der Waals surface area (Å²) in [6, 6.07) is 4.40. The highest BCUT2D eigenvalue weighted by atomic mass is 35.5. The van der Waals surface area contributed by atoms with Crippen molar-refractivity contribution in [2.75, 3.05) is 0 Å². The Bertz CT molecular complexity index is 870. The average Bonchev–Trinajstić information content (AvgIpc) is 2.83. The van der Waals surface area contributed by atoms with Crippen molar-refractivity contribution in [3.63, 3.8) is 0 Å². The number of halogens is 2. The quantitative estimate of drug-likeness (QED) is 0.607. The number of ketones is 2. The maximum atomic E-state index is 12.6. The normalized spacial score (nSPS) is 11.9. The number of nitrogens with one attached hydrogen (secondary N) is 1. The Morgan fingerprint density at radius 3 is 2.36 bits per heavy atom. The van der Waals surface area contributed by atoms with E-state index in [1.165, 1.54) is 26.0 Å². The zero-order chi connectivity index (χ0) is 18.9. The van der Waals surface area contributed by atoms with Crippen LogP contribution in [-0.2, 0) is 4.74 Å². The number of carbonyl (C=O) groups is 3. The van der Waals surface area contributed by atoms with Crippen molar-refractivity contribution >= 4 is 40.7 Å². The molecule has 2 aromatic rings. The molecule has 7 heteroatoms. The summed E-state index contributed by atoms with van der Waals surface area (Å²) in [6.07, 6.45) is -1.06. The summed E-state index contributed by atoms with van der Waals surface area (Å²) in [7, 11) is 0. The van der Waals surface area contributed by atoms with Gasteiger partial charge in [-0.3, -0.25) is 9.59 Å². The maximum absolute atomic E-state index is 12.6. The minimum Gasteiger partial charge on any atom is -0.451 e. The van der Waals surface area contributed by atoms with Crippen LogP contribution in [0.3, 0.4) is 0 Å². The van der Waals surface area contributed by atoms with Crippen LogP contribution in [0.5, 0.6) is 0 Å². The van der Waals surface area contributed by atoms with Crippen LogP contribution in [0, 0.1) is 13.8 Å². The first kappa shape index (κ1) is 19.2. The molecule has 1 atom stereocenters. The zero-order valence-electron chi connectivity index (χ0n) is 14.2. The van der Waals surface area contributed by atoms with Gasteiger partial charge >= 0.3 is 5.97 Å². The lowest BCUT2D eigenvalue weighted by Gasteiger charge is -2.13. The van der Waals surface area contributed by atoms with E-state index in [9.17, 15) is 14.4 Å². The molecule has 1 aromatic heterocycles. The molecule has 5 nitrogen and oxygen atoms in total. The lowest BCUT2D eigenvalue weighted by atomic mass is 10.0. The monoisotopic (exact) mass is 381 g/mol. The molecule has 0 amide bonds. The van der Waals surface area contributed by atoms with E-state index in [1.807, 2.05) is 0 Å². The first-order valence-corrected chi connectivity index (χ1v) is 8.29. The molecule has 1 N–H and O–H groups in total. The first-order valence-electron chi connectivity index (χ1n) is 7.53. The fourth-order valence-corrected chi connectivity index (χ4v) is 3.03. The summed E-state index contributed by atoms with van der Waals surface area (Å²) < 4.78 is 5.22. The van der Waals surface area contributed by atoms with Gasteiger partial charge in [-0.2, -0.15) is 0 Å². The van der Waals surface area contributed by atoms with Crippen LogP contribution in [0.15, 0.2) is 18.2 Å². The number of carbonyl (C=O) groups excluding carboxylic acids is 3. The predicted octanol–water partition coefficient (Wildman–Crippen LogP) is 4.57. The molecule has 25 heavy (non-hydrogen) atoms. The van der Waals surface area contributed by atoms with Crippen LogP contribution >= 0.6 is 23.2 Å². The molecule has 0 aliphatic rings. The number of rotatable bonds is 5. The van der Waals surface area contributed by atoms with Gasteiger partial charge in [0.2, 0.25) is 5.78 Å². The molecule has 0 unspecified atom stereocenters. The Labute approximate surface area is 155 Å². The van der Waals surface area contributed by atoms with Crippen LogP contribution in [0.25, 0.3) is 0 Å². The molecule has 0 aliphatic heterocycles. The highest BCUT2D eigenvalue weighted by Gasteiger charge is 2.26. The molecule has 1 aromatic carbocycles.